The summed E-state index contributed by atoms with van der Waals surface area (Å²) in [5, 5.41) is 4.09. The van der Waals surface area contributed by atoms with E-state index in [9.17, 15) is 0 Å². The van der Waals surface area contributed by atoms with Crippen LogP contribution in [0.4, 0.5) is 0 Å². The van der Waals surface area contributed by atoms with Crippen LogP contribution in [0.15, 0.2) is 12.7 Å². The van der Waals surface area contributed by atoms with Crippen molar-refractivity contribution in [3.8, 4) is 0 Å². The molecule has 1 heterocycles. The Morgan fingerprint density at radius 2 is 1.86 bits per heavy atom. The molecule has 0 unspecified atom stereocenters. The van der Waals surface area contributed by atoms with E-state index in [1.54, 1.807) is 12.7 Å². The second kappa shape index (κ2) is 5.10. The molecular formula is C10H20N4. The van der Waals surface area contributed by atoms with Crippen LogP contribution in [0.1, 0.15) is 27.7 Å². The normalized spacial score (nSPS) is 11.9. The standard InChI is InChI=1S/C10H20N4/c1-9(2)14(10(3)4)6-5-13-8-11-7-12-13/h7-10H,5-6H2,1-4H3. The fourth-order valence-corrected chi connectivity index (χ4v) is 1.68. The molecule has 0 spiro atoms. The largest absolute Gasteiger partial charge is 0.297 e. The van der Waals surface area contributed by atoms with Crippen molar-refractivity contribution in [1.82, 2.24) is 19.7 Å². The lowest BCUT2D eigenvalue weighted by Crippen LogP contribution is -2.39. The average Bonchev–Trinajstić information content (AvgIpc) is 2.55. The maximum atomic E-state index is 4.09. The summed E-state index contributed by atoms with van der Waals surface area (Å²) in [6.07, 6.45) is 3.34. The summed E-state index contributed by atoms with van der Waals surface area (Å²) in [5.41, 5.74) is 0. The number of rotatable bonds is 5. The Hall–Kier alpha value is -0.900. The van der Waals surface area contributed by atoms with Crippen molar-refractivity contribution in [1.29, 1.82) is 0 Å². The molecule has 1 aromatic heterocycles. The maximum Gasteiger partial charge on any atom is 0.137 e. The molecule has 80 valence electrons. The highest BCUT2D eigenvalue weighted by Crippen LogP contribution is 2.04. The fraction of sp³-hybridized carbons (Fsp3) is 0.800. The molecule has 0 atom stereocenters. The average molecular weight is 196 g/mol. The van der Waals surface area contributed by atoms with E-state index in [0.29, 0.717) is 12.1 Å². The molecule has 0 fully saturated rings. The van der Waals surface area contributed by atoms with Crippen LogP contribution in [0.5, 0.6) is 0 Å². The van der Waals surface area contributed by atoms with Gasteiger partial charge in [-0.2, -0.15) is 5.10 Å². The van der Waals surface area contributed by atoms with Gasteiger partial charge < -0.3 is 0 Å². The summed E-state index contributed by atoms with van der Waals surface area (Å²) in [7, 11) is 0. The zero-order chi connectivity index (χ0) is 10.6. The molecule has 0 N–H and O–H groups in total. The van der Waals surface area contributed by atoms with Gasteiger partial charge in [0.15, 0.2) is 0 Å². The Morgan fingerprint density at radius 1 is 1.21 bits per heavy atom. The van der Waals surface area contributed by atoms with E-state index < -0.39 is 0 Å². The minimum Gasteiger partial charge on any atom is -0.297 e. The van der Waals surface area contributed by atoms with Gasteiger partial charge in [-0.15, -0.1) is 0 Å². The van der Waals surface area contributed by atoms with Gasteiger partial charge in [0.05, 0.1) is 6.54 Å². The predicted molar refractivity (Wildman–Crippen MR) is 57.0 cm³/mol. The van der Waals surface area contributed by atoms with Gasteiger partial charge >= 0.3 is 0 Å². The summed E-state index contributed by atoms with van der Waals surface area (Å²) in [6, 6.07) is 1.16. The summed E-state index contributed by atoms with van der Waals surface area (Å²) >= 11 is 0. The molecule has 1 rings (SSSR count). The zero-order valence-corrected chi connectivity index (χ0v) is 9.51. The minimum absolute atomic E-state index is 0.582. The maximum absolute atomic E-state index is 4.09. The van der Waals surface area contributed by atoms with E-state index in [1.165, 1.54) is 0 Å². The van der Waals surface area contributed by atoms with E-state index in [4.69, 9.17) is 0 Å². The van der Waals surface area contributed by atoms with E-state index in [-0.39, 0.29) is 0 Å². The molecule has 1 aromatic rings. The summed E-state index contributed by atoms with van der Waals surface area (Å²) in [6.45, 7) is 10.8. The Balaban J connectivity index is 2.41. The molecule has 0 saturated heterocycles. The first-order valence-electron chi connectivity index (χ1n) is 5.19. The Labute approximate surface area is 85.9 Å². The molecule has 0 aliphatic rings. The van der Waals surface area contributed by atoms with Gasteiger partial charge in [-0.05, 0) is 27.7 Å². The number of nitrogens with zero attached hydrogens (tertiary/aromatic N) is 4. The zero-order valence-electron chi connectivity index (χ0n) is 9.51. The molecule has 4 nitrogen and oxygen atoms in total. The lowest BCUT2D eigenvalue weighted by molar-refractivity contribution is 0.166. The summed E-state index contributed by atoms with van der Waals surface area (Å²) < 4.78 is 1.87. The van der Waals surface area contributed by atoms with Gasteiger partial charge in [0.2, 0.25) is 0 Å². The predicted octanol–water partition coefficient (Wildman–Crippen LogP) is 1.40. The third-order valence-electron chi connectivity index (χ3n) is 2.38. The lowest BCUT2D eigenvalue weighted by atomic mass is 10.2. The van der Waals surface area contributed by atoms with Crippen LogP contribution >= 0.6 is 0 Å². The monoisotopic (exact) mass is 196 g/mol. The smallest absolute Gasteiger partial charge is 0.137 e. The highest BCUT2D eigenvalue weighted by Gasteiger charge is 2.12. The molecular weight excluding hydrogens is 176 g/mol. The van der Waals surface area contributed by atoms with Gasteiger partial charge in [0, 0.05) is 18.6 Å². The molecule has 0 bridgehead atoms. The second-order valence-corrected chi connectivity index (χ2v) is 4.08. The fourth-order valence-electron chi connectivity index (χ4n) is 1.68. The molecule has 0 saturated carbocycles. The Morgan fingerprint density at radius 3 is 2.29 bits per heavy atom. The van der Waals surface area contributed by atoms with Gasteiger partial charge in [-0.25, -0.2) is 4.98 Å². The summed E-state index contributed by atoms with van der Waals surface area (Å²) in [4.78, 5) is 6.37. The van der Waals surface area contributed by atoms with E-state index in [0.717, 1.165) is 13.1 Å². The first kappa shape index (κ1) is 11.2. The van der Waals surface area contributed by atoms with Gasteiger partial charge in [0.1, 0.15) is 12.7 Å². The van der Waals surface area contributed by atoms with Crippen molar-refractivity contribution in [2.24, 2.45) is 0 Å². The van der Waals surface area contributed by atoms with Crippen LogP contribution < -0.4 is 0 Å². The SMILES string of the molecule is CC(C)N(CCn1cncn1)C(C)C. The number of aromatic nitrogens is 3. The van der Waals surface area contributed by atoms with Crippen molar-refractivity contribution >= 4 is 0 Å². The van der Waals surface area contributed by atoms with Crippen LogP contribution in [-0.2, 0) is 6.54 Å². The number of hydrogen-bond acceptors (Lipinski definition) is 3. The minimum atomic E-state index is 0.582. The van der Waals surface area contributed by atoms with Crippen LogP contribution in [-0.4, -0.2) is 38.3 Å². The van der Waals surface area contributed by atoms with Crippen LogP contribution in [0, 0.1) is 0 Å². The topological polar surface area (TPSA) is 34.0 Å². The first-order chi connectivity index (χ1) is 6.61. The highest BCUT2D eigenvalue weighted by atomic mass is 15.3. The lowest BCUT2D eigenvalue weighted by Gasteiger charge is -2.30. The third-order valence-corrected chi connectivity index (χ3v) is 2.38. The first-order valence-corrected chi connectivity index (χ1v) is 5.19. The van der Waals surface area contributed by atoms with Crippen molar-refractivity contribution in [3.63, 3.8) is 0 Å². The number of hydrogen-bond donors (Lipinski definition) is 0. The molecule has 0 aromatic carbocycles. The van der Waals surface area contributed by atoms with E-state index >= 15 is 0 Å². The van der Waals surface area contributed by atoms with Crippen molar-refractivity contribution in [2.75, 3.05) is 6.54 Å². The van der Waals surface area contributed by atoms with Crippen molar-refractivity contribution < 1.29 is 0 Å². The van der Waals surface area contributed by atoms with E-state index in [2.05, 4.69) is 42.7 Å². The third kappa shape index (κ3) is 3.10. The van der Waals surface area contributed by atoms with Crippen molar-refractivity contribution in [3.05, 3.63) is 12.7 Å². The molecule has 0 aliphatic heterocycles. The molecule has 0 aliphatic carbocycles. The van der Waals surface area contributed by atoms with Crippen LogP contribution in [0.25, 0.3) is 0 Å². The molecule has 0 radical (unpaired) electrons. The molecule has 4 heteroatoms. The Kier molecular flexibility index (Phi) is 4.07. The van der Waals surface area contributed by atoms with Crippen LogP contribution in [0.2, 0.25) is 0 Å². The van der Waals surface area contributed by atoms with Gasteiger partial charge in [0.25, 0.3) is 0 Å². The molecule has 0 amide bonds. The quantitative estimate of drug-likeness (QED) is 0.714. The van der Waals surface area contributed by atoms with Gasteiger partial charge in [-0.1, -0.05) is 0 Å². The second-order valence-electron chi connectivity index (χ2n) is 4.08. The Bertz CT molecular complexity index is 233. The summed E-state index contributed by atoms with van der Waals surface area (Å²) in [5.74, 6) is 0. The van der Waals surface area contributed by atoms with Gasteiger partial charge in [-0.3, -0.25) is 9.58 Å². The van der Waals surface area contributed by atoms with Crippen molar-refractivity contribution in [2.45, 2.75) is 46.3 Å². The van der Waals surface area contributed by atoms with E-state index in [1.807, 2.05) is 4.68 Å². The highest BCUT2D eigenvalue weighted by molar-refractivity contribution is 4.67. The molecule has 14 heavy (non-hydrogen) atoms. The van der Waals surface area contributed by atoms with Crippen LogP contribution in [0.3, 0.4) is 0 Å².